The van der Waals surface area contributed by atoms with Crippen molar-refractivity contribution in [1.29, 1.82) is 0 Å². The van der Waals surface area contributed by atoms with Gasteiger partial charge in [-0.25, -0.2) is 0 Å². The van der Waals surface area contributed by atoms with Gasteiger partial charge in [0.2, 0.25) is 0 Å². The molecule has 0 aliphatic heterocycles. The van der Waals surface area contributed by atoms with Crippen LogP contribution in [-0.2, 0) is 19.2 Å². The average Bonchev–Trinajstić information content (AvgIpc) is 2.83. The first-order chi connectivity index (χ1) is 9.19. The van der Waals surface area contributed by atoms with Crippen molar-refractivity contribution in [1.82, 2.24) is 0 Å². The van der Waals surface area contributed by atoms with Gasteiger partial charge in [0.05, 0.1) is 17.8 Å². The lowest BCUT2D eigenvalue weighted by Crippen LogP contribution is -2.56. The molecule has 2 bridgehead atoms. The number of carbonyl (C=O) groups is 4. The molecule has 4 N–H and O–H groups in total. The quantitative estimate of drug-likeness (QED) is 0.556. The smallest absolute Gasteiger partial charge is 0.312 e. The van der Waals surface area contributed by atoms with Gasteiger partial charge in [0.1, 0.15) is 5.41 Å². The van der Waals surface area contributed by atoms with Gasteiger partial charge >= 0.3 is 23.9 Å². The topological polar surface area (TPSA) is 149 Å². The molecule has 4 atom stereocenters. The van der Waals surface area contributed by atoms with Crippen LogP contribution in [0, 0.1) is 22.7 Å². The molecule has 2 fully saturated rings. The molecule has 0 amide bonds. The molecule has 0 aromatic rings. The fourth-order valence-corrected chi connectivity index (χ4v) is 4.20. The van der Waals surface area contributed by atoms with E-state index in [2.05, 4.69) is 0 Å². The first kappa shape index (κ1) is 14.3. The lowest BCUT2D eigenvalue weighted by molar-refractivity contribution is -0.185. The van der Waals surface area contributed by atoms with E-state index in [0.29, 0.717) is 0 Å². The van der Waals surface area contributed by atoms with E-state index in [1.807, 2.05) is 0 Å². The van der Waals surface area contributed by atoms with Gasteiger partial charge in [-0.2, -0.15) is 0 Å². The number of hydrogen-bond acceptors (Lipinski definition) is 4. The Kier molecular flexibility index (Phi) is 2.99. The molecule has 0 aromatic heterocycles. The molecule has 2 aliphatic rings. The van der Waals surface area contributed by atoms with Crippen LogP contribution in [0.25, 0.3) is 0 Å². The molecule has 0 saturated heterocycles. The second kappa shape index (κ2) is 4.19. The van der Waals surface area contributed by atoms with Crippen molar-refractivity contribution in [2.24, 2.45) is 22.7 Å². The highest BCUT2D eigenvalue weighted by Crippen LogP contribution is 2.69. The van der Waals surface area contributed by atoms with Crippen LogP contribution >= 0.6 is 0 Å². The average molecular weight is 286 g/mol. The van der Waals surface area contributed by atoms with Crippen molar-refractivity contribution < 1.29 is 39.6 Å². The minimum absolute atomic E-state index is 0.00361. The standard InChI is InChI=1S/C12H14O8/c13-6(14)4-12(10(19)20)7(8(15)16)5-1-2-11(12,3-5)9(17)18/h5,7H,1-4H2,(H,13,14)(H,15,16)(H,17,18)(H,19,20). The maximum Gasteiger partial charge on any atom is 0.312 e. The first-order valence-corrected chi connectivity index (χ1v) is 6.10. The summed E-state index contributed by atoms with van der Waals surface area (Å²) in [5.74, 6) is -8.13. The molecule has 2 saturated carbocycles. The Morgan fingerprint density at radius 2 is 1.60 bits per heavy atom. The summed E-state index contributed by atoms with van der Waals surface area (Å²) in [4.78, 5) is 45.7. The van der Waals surface area contributed by atoms with Crippen LogP contribution in [0.5, 0.6) is 0 Å². The number of rotatable bonds is 5. The molecule has 8 heteroatoms. The fraction of sp³-hybridized carbons (Fsp3) is 0.667. The zero-order valence-electron chi connectivity index (χ0n) is 10.4. The maximum absolute atomic E-state index is 11.7. The molecule has 110 valence electrons. The van der Waals surface area contributed by atoms with Gasteiger partial charge in [0.15, 0.2) is 0 Å². The van der Waals surface area contributed by atoms with Gasteiger partial charge in [0, 0.05) is 0 Å². The predicted molar refractivity (Wildman–Crippen MR) is 60.9 cm³/mol. The van der Waals surface area contributed by atoms with Gasteiger partial charge in [-0.1, -0.05) is 0 Å². The Morgan fingerprint density at radius 1 is 1.00 bits per heavy atom. The molecule has 20 heavy (non-hydrogen) atoms. The van der Waals surface area contributed by atoms with E-state index in [-0.39, 0.29) is 19.3 Å². The van der Waals surface area contributed by atoms with Gasteiger partial charge in [-0.3, -0.25) is 19.2 Å². The summed E-state index contributed by atoms with van der Waals surface area (Å²) in [6, 6.07) is 0. The highest BCUT2D eigenvalue weighted by molar-refractivity contribution is 5.96. The monoisotopic (exact) mass is 286 g/mol. The summed E-state index contributed by atoms with van der Waals surface area (Å²) in [5.41, 5.74) is -4.11. The Bertz CT molecular complexity index is 512. The molecular weight excluding hydrogens is 272 g/mol. The minimum Gasteiger partial charge on any atom is -0.481 e. The summed E-state index contributed by atoms with van der Waals surface area (Å²) >= 11 is 0. The lowest BCUT2D eigenvalue weighted by atomic mass is 9.56. The Hall–Kier alpha value is -2.12. The summed E-state index contributed by atoms with van der Waals surface area (Å²) in [6.45, 7) is 0. The van der Waals surface area contributed by atoms with E-state index < -0.39 is 53.0 Å². The Labute approximate surface area is 113 Å². The van der Waals surface area contributed by atoms with Crippen molar-refractivity contribution in [2.75, 3.05) is 0 Å². The summed E-state index contributed by atoms with van der Waals surface area (Å²) in [5, 5.41) is 37.2. The zero-order valence-corrected chi connectivity index (χ0v) is 10.4. The molecule has 0 aromatic carbocycles. The molecule has 0 spiro atoms. The number of carboxylic acid groups (broad SMARTS) is 4. The van der Waals surface area contributed by atoms with Crippen molar-refractivity contribution in [3.63, 3.8) is 0 Å². The Morgan fingerprint density at radius 3 is 2.00 bits per heavy atom. The number of carboxylic acids is 4. The highest BCUT2D eigenvalue weighted by atomic mass is 16.4. The van der Waals surface area contributed by atoms with E-state index >= 15 is 0 Å². The zero-order chi connectivity index (χ0) is 15.3. The van der Waals surface area contributed by atoms with Crippen molar-refractivity contribution in [3.05, 3.63) is 0 Å². The predicted octanol–water partition coefficient (Wildman–Crippen LogP) is 0.118. The van der Waals surface area contributed by atoms with Crippen molar-refractivity contribution in [3.8, 4) is 0 Å². The molecule has 0 radical (unpaired) electrons. The van der Waals surface area contributed by atoms with Crippen LogP contribution < -0.4 is 0 Å². The van der Waals surface area contributed by atoms with Crippen LogP contribution in [0.3, 0.4) is 0 Å². The van der Waals surface area contributed by atoms with Crippen LogP contribution in [-0.4, -0.2) is 44.3 Å². The molecule has 2 rings (SSSR count). The molecular formula is C12H14O8. The second-order valence-electron chi connectivity index (χ2n) is 5.55. The second-order valence-corrected chi connectivity index (χ2v) is 5.55. The SMILES string of the molecule is O=C(O)CC1(C(=O)O)C(C(=O)O)C2CCC1(C(=O)O)C2. The normalized spacial score (nSPS) is 38.6. The third-order valence-electron chi connectivity index (χ3n) is 4.90. The van der Waals surface area contributed by atoms with Crippen LogP contribution in [0.2, 0.25) is 0 Å². The number of hydrogen-bond donors (Lipinski definition) is 4. The van der Waals surface area contributed by atoms with Gasteiger partial charge in [-0.05, 0) is 25.2 Å². The summed E-state index contributed by atoms with van der Waals surface area (Å²) in [6.07, 6.45) is -0.810. The minimum atomic E-state index is -2.29. The van der Waals surface area contributed by atoms with Gasteiger partial charge in [-0.15, -0.1) is 0 Å². The van der Waals surface area contributed by atoms with Crippen molar-refractivity contribution >= 4 is 23.9 Å². The number of fused-ring (bicyclic) bond motifs is 2. The van der Waals surface area contributed by atoms with Crippen LogP contribution in [0.1, 0.15) is 25.7 Å². The van der Waals surface area contributed by atoms with Gasteiger partial charge in [0.25, 0.3) is 0 Å². The summed E-state index contributed by atoms with van der Waals surface area (Å²) in [7, 11) is 0. The van der Waals surface area contributed by atoms with E-state index in [4.69, 9.17) is 5.11 Å². The van der Waals surface area contributed by atoms with E-state index in [1.165, 1.54) is 0 Å². The third kappa shape index (κ3) is 1.47. The Balaban J connectivity index is 2.68. The maximum atomic E-state index is 11.7. The first-order valence-electron chi connectivity index (χ1n) is 6.10. The van der Waals surface area contributed by atoms with E-state index in [0.717, 1.165) is 0 Å². The highest BCUT2D eigenvalue weighted by Gasteiger charge is 2.76. The van der Waals surface area contributed by atoms with Crippen molar-refractivity contribution in [2.45, 2.75) is 25.7 Å². The third-order valence-corrected chi connectivity index (χ3v) is 4.90. The van der Waals surface area contributed by atoms with E-state index in [9.17, 15) is 34.5 Å². The lowest BCUT2D eigenvalue weighted by Gasteiger charge is -2.42. The fourth-order valence-electron chi connectivity index (χ4n) is 4.20. The molecule has 4 unspecified atom stereocenters. The van der Waals surface area contributed by atoms with Crippen LogP contribution in [0.4, 0.5) is 0 Å². The van der Waals surface area contributed by atoms with Gasteiger partial charge < -0.3 is 20.4 Å². The molecule has 0 heterocycles. The van der Waals surface area contributed by atoms with E-state index in [1.54, 1.807) is 0 Å². The number of aliphatic carboxylic acids is 4. The molecule has 8 nitrogen and oxygen atoms in total. The molecule has 2 aliphatic carbocycles. The summed E-state index contributed by atoms with van der Waals surface area (Å²) < 4.78 is 0. The largest absolute Gasteiger partial charge is 0.481 e. The van der Waals surface area contributed by atoms with Crippen LogP contribution in [0.15, 0.2) is 0 Å².